The van der Waals surface area contributed by atoms with Crippen molar-refractivity contribution in [2.45, 2.75) is 51.8 Å². The summed E-state index contributed by atoms with van der Waals surface area (Å²) in [5.41, 5.74) is 0. The van der Waals surface area contributed by atoms with Crippen LogP contribution < -0.4 is 10.6 Å². The standard InChI is InChI=1S/C12H26N2O2S/c1-5-7-14-12(15)9-17(16)11(4)8-10(3)13-6-2/h10-11,13H,5-9H2,1-4H3,(H,14,15). The zero-order valence-corrected chi connectivity index (χ0v) is 12.2. The molecule has 3 atom stereocenters. The molecule has 3 unspecified atom stereocenters. The number of hydrogen-bond donors (Lipinski definition) is 2. The van der Waals surface area contributed by atoms with Crippen LogP contribution in [0.2, 0.25) is 0 Å². The zero-order chi connectivity index (χ0) is 13.3. The van der Waals surface area contributed by atoms with E-state index in [0.29, 0.717) is 12.6 Å². The Bertz CT molecular complexity index is 247. The Labute approximate surface area is 107 Å². The molecule has 0 aromatic heterocycles. The van der Waals surface area contributed by atoms with Crippen LogP contribution in [0.3, 0.4) is 0 Å². The van der Waals surface area contributed by atoms with Crippen LogP contribution in [0.15, 0.2) is 0 Å². The van der Waals surface area contributed by atoms with Gasteiger partial charge in [-0.2, -0.15) is 0 Å². The highest BCUT2D eigenvalue weighted by Crippen LogP contribution is 2.05. The molecule has 1 amide bonds. The summed E-state index contributed by atoms with van der Waals surface area (Å²) in [4.78, 5) is 11.4. The van der Waals surface area contributed by atoms with Gasteiger partial charge in [0, 0.05) is 28.6 Å². The fourth-order valence-corrected chi connectivity index (χ4v) is 2.77. The van der Waals surface area contributed by atoms with E-state index in [9.17, 15) is 9.00 Å². The van der Waals surface area contributed by atoms with E-state index >= 15 is 0 Å². The Morgan fingerprint density at radius 3 is 2.47 bits per heavy atom. The van der Waals surface area contributed by atoms with E-state index in [1.807, 2.05) is 13.8 Å². The van der Waals surface area contributed by atoms with Crippen LogP contribution in [0.25, 0.3) is 0 Å². The lowest BCUT2D eigenvalue weighted by molar-refractivity contribution is -0.118. The fourth-order valence-electron chi connectivity index (χ4n) is 1.62. The third-order valence-corrected chi connectivity index (χ3v) is 4.17. The molecular weight excluding hydrogens is 236 g/mol. The van der Waals surface area contributed by atoms with Crippen LogP contribution >= 0.6 is 0 Å². The molecule has 0 aliphatic heterocycles. The van der Waals surface area contributed by atoms with Crippen LogP contribution in [0.1, 0.15) is 40.5 Å². The highest BCUT2D eigenvalue weighted by Gasteiger charge is 2.17. The third-order valence-electron chi connectivity index (χ3n) is 2.53. The SMILES string of the molecule is CCCNC(=O)CS(=O)C(C)CC(C)NCC. The van der Waals surface area contributed by atoms with Crippen molar-refractivity contribution in [2.24, 2.45) is 0 Å². The molecule has 0 bridgehead atoms. The summed E-state index contributed by atoms with van der Waals surface area (Å²) in [6.07, 6.45) is 1.74. The largest absolute Gasteiger partial charge is 0.355 e. The van der Waals surface area contributed by atoms with Gasteiger partial charge in [0.2, 0.25) is 5.91 Å². The molecule has 0 heterocycles. The predicted octanol–water partition coefficient (Wildman–Crippen LogP) is 1.04. The van der Waals surface area contributed by atoms with E-state index in [1.54, 1.807) is 0 Å². The summed E-state index contributed by atoms with van der Waals surface area (Å²) in [7, 11) is -1.07. The average molecular weight is 262 g/mol. The first-order valence-corrected chi connectivity index (χ1v) is 7.76. The highest BCUT2D eigenvalue weighted by molar-refractivity contribution is 7.86. The number of rotatable bonds is 9. The van der Waals surface area contributed by atoms with Crippen molar-refractivity contribution in [1.29, 1.82) is 0 Å². The van der Waals surface area contributed by atoms with Gasteiger partial charge in [-0.25, -0.2) is 0 Å². The van der Waals surface area contributed by atoms with Gasteiger partial charge in [-0.1, -0.05) is 20.8 Å². The Hall–Kier alpha value is -0.420. The van der Waals surface area contributed by atoms with Crippen molar-refractivity contribution in [3.63, 3.8) is 0 Å². The van der Waals surface area contributed by atoms with Gasteiger partial charge in [0.05, 0.1) is 0 Å². The maximum atomic E-state index is 11.9. The minimum atomic E-state index is -1.07. The number of carbonyl (C=O) groups excluding carboxylic acids is 1. The smallest absolute Gasteiger partial charge is 0.232 e. The first-order valence-electron chi connectivity index (χ1n) is 6.38. The van der Waals surface area contributed by atoms with E-state index < -0.39 is 10.8 Å². The van der Waals surface area contributed by atoms with E-state index in [-0.39, 0.29) is 16.9 Å². The van der Waals surface area contributed by atoms with E-state index in [0.717, 1.165) is 19.4 Å². The Balaban J connectivity index is 3.92. The third kappa shape index (κ3) is 8.32. The lowest BCUT2D eigenvalue weighted by Crippen LogP contribution is -2.34. The van der Waals surface area contributed by atoms with Crippen LogP contribution in [0.5, 0.6) is 0 Å². The molecule has 102 valence electrons. The first kappa shape index (κ1) is 16.6. The molecule has 4 nitrogen and oxygen atoms in total. The second-order valence-corrected chi connectivity index (χ2v) is 6.23. The van der Waals surface area contributed by atoms with Crippen LogP contribution in [0.4, 0.5) is 0 Å². The minimum Gasteiger partial charge on any atom is -0.355 e. The summed E-state index contributed by atoms with van der Waals surface area (Å²) in [5, 5.41) is 6.09. The molecule has 0 aromatic carbocycles. The summed E-state index contributed by atoms with van der Waals surface area (Å²) < 4.78 is 11.9. The normalized spacial score (nSPS) is 16.2. The summed E-state index contributed by atoms with van der Waals surface area (Å²) in [6.45, 7) is 9.65. The van der Waals surface area contributed by atoms with Gasteiger partial charge in [0.15, 0.2) is 0 Å². The lowest BCUT2D eigenvalue weighted by Gasteiger charge is -2.17. The second-order valence-electron chi connectivity index (χ2n) is 4.38. The van der Waals surface area contributed by atoms with Gasteiger partial charge in [0.1, 0.15) is 5.75 Å². The molecular formula is C12H26N2O2S. The van der Waals surface area contributed by atoms with Crippen LogP contribution in [-0.2, 0) is 15.6 Å². The van der Waals surface area contributed by atoms with Gasteiger partial charge >= 0.3 is 0 Å². The quantitative estimate of drug-likeness (QED) is 0.653. The molecule has 0 aromatic rings. The van der Waals surface area contributed by atoms with Crippen LogP contribution in [0, 0.1) is 0 Å². The first-order chi connectivity index (χ1) is 8.01. The van der Waals surface area contributed by atoms with Crippen LogP contribution in [-0.4, -0.2) is 40.3 Å². The lowest BCUT2D eigenvalue weighted by atomic mass is 10.2. The summed E-state index contributed by atoms with van der Waals surface area (Å²) >= 11 is 0. The highest BCUT2D eigenvalue weighted by atomic mass is 32.2. The number of carbonyl (C=O) groups is 1. The van der Waals surface area contributed by atoms with Crippen molar-refractivity contribution >= 4 is 16.7 Å². The fraction of sp³-hybridized carbons (Fsp3) is 0.917. The van der Waals surface area contributed by atoms with Crippen molar-refractivity contribution in [2.75, 3.05) is 18.8 Å². The number of amides is 1. The van der Waals surface area contributed by atoms with E-state index in [4.69, 9.17) is 0 Å². The molecule has 5 heteroatoms. The molecule has 2 N–H and O–H groups in total. The van der Waals surface area contributed by atoms with Gasteiger partial charge < -0.3 is 10.6 Å². The number of nitrogens with one attached hydrogen (secondary N) is 2. The van der Waals surface area contributed by atoms with Gasteiger partial charge in [0.25, 0.3) is 0 Å². The summed E-state index contributed by atoms with van der Waals surface area (Å²) in [6, 6.07) is 0.345. The Kier molecular flexibility index (Phi) is 9.36. The summed E-state index contributed by atoms with van der Waals surface area (Å²) in [5.74, 6) is 0.0214. The van der Waals surface area contributed by atoms with Crippen molar-refractivity contribution in [3.8, 4) is 0 Å². The van der Waals surface area contributed by atoms with E-state index in [2.05, 4.69) is 24.5 Å². The second kappa shape index (κ2) is 9.59. The molecule has 0 aliphatic rings. The zero-order valence-electron chi connectivity index (χ0n) is 11.4. The number of hydrogen-bond acceptors (Lipinski definition) is 3. The minimum absolute atomic E-state index is 0.0522. The molecule has 0 rings (SSSR count). The maximum absolute atomic E-state index is 11.9. The van der Waals surface area contributed by atoms with Crippen molar-refractivity contribution in [1.82, 2.24) is 10.6 Å². The monoisotopic (exact) mass is 262 g/mol. The average Bonchev–Trinajstić information content (AvgIpc) is 2.26. The van der Waals surface area contributed by atoms with Gasteiger partial charge in [-0.3, -0.25) is 9.00 Å². The van der Waals surface area contributed by atoms with E-state index in [1.165, 1.54) is 0 Å². The Morgan fingerprint density at radius 1 is 1.29 bits per heavy atom. The topological polar surface area (TPSA) is 58.2 Å². The molecule has 0 saturated carbocycles. The Morgan fingerprint density at radius 2 is 1.94 bits per heavy atom. The molecule has 0 fully saturated rings. The predicted molar refractivity (Wildman–Crippen MR) is 73.5 cm³/mol. The maximum Gasteiger partial charge on any atom is 0.232 e. The van der Waals surface area contributed by atoms with Gasteiger partial charge in [-0.15, -0.1) is 0 Å². The van der Waals surface area contributed by atoms with Crippen molar-refractivity contribution < 1.29 is 9.00 Å². The molecule has 0 radical (unpaired) electrons. The molecule has 0 saturated heterocycles. The molecule has 0 aliphatic carbocycles. The molecule has 0 spiro atoms. The van der Waals surface area contributed by atoms with Crippen molar-refractivity contribution in [3.05, 3.63) is 0 Å². The van der Waals surface area contributed by atoms with Gasteiger partial charge in [-0.05, 0) is 26.3 Å². The molecule has 17 heavy (non-hydrogen) atoms.